The Balaban J connectivity index is 2.08. The number of fused-ring (bicyclic) bond motifs is 1. The van der Waals surface area contributed by atoms with Gasteiger partial charge in [-0.15, -0.1) is 0 Å². The average Bonchev–Trinajstić information content (AvgIpc) is 3.06. The van der Waals surface area contributed by atoms with Crippen LogP contribution in [0.3, 0.4) is 0 Å². The second kappa shape index (κ2) is 4.57. The molecule has 110 valence electrons. The molecular formula is C12H14N6O2S. The summed E-state index contributed by atoms with van der Waals surface area (Å²) in [5.74, 6) is 0.396. The Morgan fingerprint density at radius 3 is 2.81 bits per heavy atom. The number of aromatic amines is 1. The molecule has 0 amide bonds. The topological polar surface area (TPSA) is 110 Å². The van der Waals surface area contributed by atoms with Gasteiger partial charge < -0.3 is 5.73 Å². The van der Waals surface area contributed by atoms with Crippen molar-refractivity contribution < 1.29 is 8.42 Å². The van der Waals surface area contributed by atoms with Crippen LogP contribution in [0.2, 0.25) is 0 Å². The quantitative estimate of drug-likeness (QED) is 0.738. The number of rotatable bonds is 3. The molecule has 0 aliphatic rings. The monoisotopic (exact) mass is 306 g/mol. The lowest BCUT2D eigenvalue weighted by atomic mass is 10.1. The SMILES string of the molecule is CN(C)S(=O)(=O)n1cnc(-c2ccc3[nH]nc(N)c3c2)c1. The second-order valence-electron chi connectivity index (χ2n) is 4.75. The van der Waals surface area contributed by atoms with Gasteiger partial charge in [-0.05, 0) is 12.1 Å². The van der Waals surface area contributed by atoms with E-state index < -0.39 is 10.2 Å². The lowest BCUT2D eigenvalue weighted by molar-refractivity contribution is 0.510. The lowest BCUT2D eigenvalue weighted by Crippen LogP contribution is -2.27. The molecule has 3 rings (SSSR count). The highest BCUT2D eigenvalue weighted by molar-refractivity contribution is 7.87. The number of imidazole rings is 1. The third-order valence-electron chi connectivity index (χ3n) is 3.18. The van der Waals surface area contributed by atoms with E-state index in [4.69, 9.17) is 5.73 Å². The molecule has 8 nitrogen and oxygen atoms in total. The first-order valence-electron chi connectivity index (χ1n) is 6.10. The summed E-state index contributed by atoms with van der Waals surface area (Å²) in [4.78, 5) is 4.14. The minimum Gasteiger partial charge on any atom is -0.382 e. The second-order valence-corrected chi connectivity index (χ2v) is 6.80. The van der Waals surface area contributed by atoms with Gasteiger partial charge in [0, 0.05) is 31.2 Å². The van der Waals surface area contributed by atoms with Crippen LogP contribution in [-0.4, -0.2) is 46.0 Å². The predicted molar refractivity (Wildman–Crippen MR) is 79.7 cm³/mol. The normalized spacial score (nSPS) is 12.3. The van der Waals surface area contributed by atoms with Crippen LogP contribution in [0.15, 0.2) is 30.7 Å². The van der Waals surface area contributed by atoms with Crippen molar-refractivity contribution >= 4 is 26.9 Å². The summed E-state index contributed by atoms with van der Waals surface area (Å²) >= 11 is 0. The maximum atomic E-state index is 12.0. The Morgan fingerprint density at radius 2 is 2.10 bits per heavy atom. The molecule has 21 heavy (non-hydrogen) atoms. The summed E-state index contributed by atoms with van der Waals surface area (Å²) in [6.45, 7) is 0. The molecule has 9 heteroatoms. The van der Waals surface area contributed by atoms with Gasteiger partial charge in [-0.25, -0.2) is 8.96 Å². The van der Waals surface area contributed by atoms with Crippen LogP contribution >= 0.6 is 0 Å². The number of nitrogens with two attached hydrogens (primary N) is 1. The molecular weight excluding hydrogens is 292 g/mol. The van der Waals surface area contributed by atoms with E-state index in [0.29, 0.717) is 11.5 Å². The molecule has 0 saturated heterocycles. The van der Waals surface area contributed by atoms with Crippen molar-refractivity contribution in [3.05, 3.63) is 30.7 Å². The standard InChI is InChI=1S/C12H14N6O2S/c1-17(2)21(19,20)18-6-11(14-7-18)8-3-4-10-9(5-8)12(13)16-15-10/h3-7H,1-2H3,(H3,13,15,16). The van der Waals surface area contributed by atoms with Crippen molar-refractivity contribution in [3.8, 4) is 11.3 Å². The van der Waals surface area contributed by atoms with Gasteiger partial charge in [0.05, 0.1) is 11.2 Å². The summed E-state index contributed by atoms with van der Waals surface area (Å²) in [5, 5.41) is 7.51. The smallest absolute Gasteiger partial charge is 0.308 e. The van der Waals surface area contributed by atoms with Crippen molar-refractivity contribution in [2.75, 3.05) is 19.8 Å². The number of aromatic nitrogens is 4. The number of H-pyrrole nitrogens is 1. The van der Waals surface area contributed by atoms with Gasteiger partial charge in [-0.1, -0.05) is 6.07 Å². The van der Waals surface area contributed by atoms with Crippen molar-refractivity contribution in [2.45, 2.75) is 0 Å². The maximum absolute atomic E-state index is 12.0. The van der Waals surface area contributed by atoms with Crippen molar-refractivity contribution in [1.82, 2.24) is 23.5 Å². The van der Waals surface area contributed by atoms with E-state index in [9.17, 15) is 8.42 Å². The fourth-order valence-corrected chi connectivity index (χ4v) is 2.74. The molecule has 0 aliphatic heterocycles. The van der Waals surface area contributed by atoms with Gasteiger partial charge in [0.15, 0.2) is 5.82 Å². The Morgan fingerprint density at radius 1 is 1.33 bits per heavy atom. The number of nitrogen functional groups attached to an aromatic ring is 1. The summed E-state index contributed by atoms with van der Waals surface area (Å²) < 4.78 is 26.2. The molecule has 0 unspecified atom stereocenters. The number of anilines is 1. The van der Waals surface area contributed by atoms with Gasteiger partial charge in [-0.3, -0.25) is 5.10 Å². The van der Waals surface area contributed by atoms with Gasteiger partial charge in [0.25, 0.3) is 0 Å². The minimum atomic E-state index is -3.56. The van der Waals surface area contributed by atoms with Crippen LogP contribution < -0.4 is 5.73 Å². The first-order valence-corrected chi connectivity index (χ1v) is 7.50. The van der Waals surface area contributed by atoms with Crippen molar-refractivity contribution in [1.29, 1.82) is 0 Å². The molecule has 0 aliphatic carbocycles. The van der Waals surface area contributed by atoms with E-state index in [1.54, 1.807) is 0 Å². The molecule has 3 N–H and O–H groups in total. The molecule has 2 heterocycles. The number of nitrogens with one attached hydrogen (secondary N) is 1. The molecule has 0 fully saturated rings. The highest BCUT2D eigenvalue weighted by Crippen LogP contribution is 2.25. The number of nitrogens with zero attached hydrogens (tertiary/aromatic N) is 4. The fraction of sp³-hybridized carbons (Fsp3) is 0.167. The summed E-state index contributed by atoms with van der Waals surface area (Å²) in [6, 6.07) is 5.48. The molecule has 0 bridgehead atoms. The predicted octanol–water partition coefficient (Wildman–Crippen LogP) is 0.663. The molecule has 1 aromatic carbocycles. The van der Waals surface area contributed by atoms with Crippen LogP contribution in [0.25, 0.3) is 22.2 Å². The van der Waals surface area contributed by atoms with E-state index >= 15 is 0 Å². The van der Waals surface area contributed by atoms with Crippen LogP contribution in [0.5, 0.6) is 0 Å². The molecule has 3 aromatic rings. The minimum absolute atomic E-state index is 0.396. The van der Waals surface area contributed by atoms with Crippen LogP contribution in [0.1, 0.15) is 0 Å². The van der Waals surface area contributed by atoms with Gasteiger partial charge >= 0.3 is 10.2 Å². The van der Waals surface area contributed by atoms with Crippen molar-refractivity contribution in [2.24, 2.45) is 0 Å². The van der Waals surface area contributed by atoms with E-state index in [1.165, 1.54) is 26.6 Å². The number of hydrogen-bond acceptors (Lipinski definition) is 5. The van der Waals surface area contributed by atoms with E-state index in [2.05, 4.69) is 15.2 Å². The Labute approximate surface area is 121 Å². The molecule has 0 saturated carbocycles. The Bertz CT molecular complexity index is 909. The van der Waals surface area contributed by atoms with E-state index in [0.717, 1.165) is 24.7 Å². The highest BCUT2D eigenvalue weighted by Gasteiger charge is 2.17. The van der Waals surface area contributed by atoms with Gasteiger partial charge in [-0.2, -0.15) is 17.8 Å². The zero-order valence-electron chi connectivity index (χ0n) is 11.5. The third-order valence-corrected chi connectivity index (χ3v) is 4.83. The average molecular weight is 306 g/mol. The molecule has 0 radical (unpaired) electrons. The number of hydrogen-bond donors (Lipinski definition) is 2. The van der Waals surface area contributed by atoms with Crippen molar-refractivity contribution in [3.63, 3.8) is 0 Å². The fourth-order valence-electron chi connectivity index (χ4n) is 1.96. The summed E-state index contributed by atoms with van der Waals surface area (Å²) in [7, 11) is -0.629. The van der Waals surface area contributed by atoms with E-state index in [-0.39, 0.29) is 0 Å². The highest BCUT2D eigenvalue weighted by atomic mass is 32.2. The number of benzene rings is 1. The molecule has 2 aromatic heterocycles. The third kappa shape index (κ3) is 2.16. The zero-order chi connectivity index (χ0) is 15.2. The van der Waals surface area contributed by atoms with Crippen LogP contribution in [0.4, 0.5) is 5.82 Å². The maximum Gasteiger partial charge on any atom is 0.308 e. The largest absolute Gasteiger partial charge is 0.382 e. The van der Waals surface area contributed by atoms with E-state index in [1.807, 2.05) is 18.2 Å². The van der Waals surface area contributed by atoms with Crippen LogP contribution in [0, 0.1) is 0 Å². The van der Waals surface area contributed by atoms with Gasteiger partial charge in [0.2, 0.25) is 0 Å². The summed E-state index contributed by atoms with van der Waals surface area (Å²) in [6.07, 6.45) is 2.74. The first kappa shape index (κ1) is 13.6. The molecule has 0 atom stereocenters. The molecule has 0 spiro atoms. The van der Waals surface area contributed by atoms with Crippen LogP contribution in [-0.2, 0) is 10.2 Å². The lowest BCUT2D eigenvalue weighted by Gasteiger charge is -2.10. The Kier molecular flexibility index (Phi) is 2.96. The Hall–Kier alpha value is -2.39. The zero-order valence-corrected chi connectivity index (χ0v) is 12.3. The summed E-state index contributed by atoms with van der Waals surface area (Å²) in [5.41, 5.74) is 7.89. The first-order chi connectivity index (χ1) is 9.89. The van der Waals surface area contributed by atoms with Gasteiger partial charge in [0.1, 0.15) is 6.33 Å².